The van der Waals surface area contributed by atoms with Crippen LogP contribution in [0.1, 0.15) is 45.2 Å². The number of nitrogens with two attached hydrogens (primary N) is 1. The first kappa shape index (κ1) is 17.1. The van der Waals surface area contributed by atoms with Crippen LogP contribution in [-0.4, -0.2) is 22.6 Å². The molecule has 0 aromatic heterocycles. The third-order valence-electron chi connectivity index (χ3n) is 4.60. The van der Waals surface area contributed by atoms with Crippen molar-refractivity contribution < 1.29 is 9.53 Å². The number of carbonyl (C=O) groups excluding carboxylic acids is 1. The van der Waals surface area contributed by atoms with Crippen LogP contribution in [0.25, 0.3) is 0 Å². The summed E-state index contributed by atoms with van der Waals surface area (Å²) >= 11 is 1.59. The second-order valence-corrected chi connectivity index (χ2v) is 8.66. The highest BCUT2D eigenvalue weighted by molar-refractivity contribution is 8.13. The average Bonchev–Trinajstić information content (AvgIpc) is 2.45. The van der Waals surface area contributed by atoms with Gasteiger partial charge in [-0.15, -0.1) is 0 Å². The second kappa shape index (κ2) is 5.99. The number of thioether (sulfide) groups is 1. The van der Waals surface area contributed by atoms with Gasteiger partial charge in [0.05, 0.1) is 5.54 Å². The Morgan fingerprint density at radius 1 is 1.46 bits per heavy atom. The third kappa shape index (κ3) is 3.38. The van der Waals surface area contributed by atoms with Gasteiger partial charge in [0.1, 0.15) is 5.60 Å². The molecule has 2 aliphatic rings. The largest absolute Gasteiger partial charge is 0.444 e. The van der Waals surface area contributed by atoms with E-state index in [-0.39, 0.29) is 5.54 Å². The summed E-state index contributed by atoms with van der Waals surface area (Å²) in [5.74, 6) is 1.38. The number of hydrogen-bond donors (Lipinski definition) is 2. The number of amides is 1. The molecule has 1 aromatic carbocycles. The number of alkyl carbamates (subject to hydrolysis) is 1. The van der Waals surface area contributed by atoms with Crippen LogP contribution in [0.3, 0.4) is 0 Å². The minimum Gasteiger partial charge on any atom is -0.444 e. The molecule has 1 heterocycles. The summed E-state index contributed by atoms with van der Waals surface area (Å²) in [5.41, 5.74) is 8.37. The molecule has 1 aliphatic heterocycles. The monoisotopic (exact) mass is 347 g/mol. The van der Waals surface area contributed by atoms with Crippen molar-refractivity contribution in [3.8, 4) is 0 Å². The molecule has 5 nitrogen and oxygen atoms in total. The van der Waals surface area contributed by atoms with Gasteiger partial charge in [-0.2, -0.15) is 0 Å². The van der Waals surface area contributed by atoms with Crippen LogP contribution in [0.15, 0.2) is 23.2 Å². The van der Waals surface area contributed by atoms with E-state index in [0.717, 1.165) is 24.3 Å². The second-order valence-electron chi connectivity index (χ2n) is 7.65. The highest BCUT2D eigenvalue weighted by atomic mass is 32.2. The molecule has 3 N–H and O–H groups in total. The number of benzene rings is 1. The molecular weight excluding hydrogens is 322 g/mol. The van der Waals surface area contributed by atoms with Gasteiger partial charge in [-0.3, -0.25) is 10.3 Å². The van der Waals surface area contributed by atoms with Crippen LogP contribution in [0.5, 0.6) is 0 Å². The van der Waals surface area contributed by atoms with E-state index in [4.69, 9.17) is 15.5 Å². The number of aliphatic imine (C=N–C) groups is 1. The van der Waals surface area contributed by atoms with Gasteiger partial charge in [-0.05, 0) is 69.7 Å². The average molecular weight is 347 g/mol. The van der Waals surface area contributed by atoms with Crippen LogP contribution in [-0.2, 0) is 16.7 Å². The summed E-state index contributed by atoms with van der Waals surface area (Å²) in [4.78, 5) is 16.9. The van der Waals surface area contributed by atoms with Crippen LogP contribution < -0.4 is 11.1 Å². The highest BCUT2D eigenvalue weighted by Crippen LogP contribution is 2.47. The molecule has 0 spiro atoms. The maximum Gasteiger partial charge on any atom is 0.413 e. The van der Waals surface area contributed by atoms with E-state index in [0.29, 0.717) is 11.1 Å². The van der Waals surface area contributed by atoms with Crippen LogP contribution in [0, 0.1) is 5.92 Å². The van der Waals surface area contributed by atoms with Gasteiger partial charge in [0.25, 0.3) is 0 Å². The molecular formula is C18H25N3O2S. The minimum absolute atomic E-state index is 0.349. The standard InChI is InChI=1S/C18H25N3O2S/c1-17(2,3)23-16(22)20-15-21-18(4)12(10-24-15)7-5-11-6-8-13(19)9-14(11)18/h6,8-9,12H,5,7,10,19H2,1-4H3,(H,20,21,22). The first-order valence-electron chi connectivity index (χ1n) is 8.29. The smallest absolute Gasteiger partial charge is 0.413 e. The Morgan fingerprint density at radius 2 is 2.21 bits per heavy atom. The topological polar surface area (TPSA) is 76.7 Å². The van der Waals surface area contributed by atoms with Crippen molar-refractivity contribution in [3.63, 3.8) is 0 Å². The number of anilines is 1. The molecule has 6 heteroatoms. The van der Waals surface area contributed by atoms with E-state index in [9.17, 15) is 4.79 Å². The van der Waals surface area contributed by atoms with E-state index in [1.165, 1.54) is 11.1 Å². The summed E-state index contributed by atoms with van der Waals surface area (Å²) in [7, 11) is 0. The number of fused-ring (bicyclic) bond motifs is 3. The first-order chi connectivity index (χ1) is 11.2. The van der Waals surface area contributed by atoms with E-state index in [1.54, 1.807) is 11.8 Å². The summed E-state index contributed by atoms with van der Waals surface area (Å²) in [6.07, 6.45) is 1.70. The van der Waals surface area contributed by atoms with Crippen molar-refractivity contribution in [1.29, 1.82) is 0 Å². The number of nitrogens with one attached hydrogen (secondary N) is 1. The Morgan fingerprint density at radius 3 is 2.92 bits per heavy atom. The molecule has 1 amide bonds. The van der Waals surface area contributed by atoms with E-state index in [1.807, 2.05) is 32.9 Å². The Labute approximate surface area is 147 Å². The molecule has 1 aromatic rings. The fourth-order valence-corrected chi connectivity index (χ4v) is 4.65. The summed E-state index contributed by atoms with van der Waals surface area (Å²) < 4.78 is 5.33. The molecule has 0 bridgehead atoms. The summed E-state index contributed by atoms with van der Waals surface area (Å²) in [5, 5.41) is 3.42. The Bertz CT molecular complexity index is 696. The zero-order valence-electron chi connectivity index (χ0n) is 14.7. The van der Waals surface area contributed by atoms with Gasteiger partial charge >= 0.3 is 6.09 Å². The minimum atomic E-state index is -0.525. The molecule has 1 aliphatic carbocycles. The molecule has 0 saturated carbocycles. The summed E-state index contributed by atoms with van der Waals surface area (Å²) in [6, 6.07) is 6.08. The lowest BCUT2D eigenvalue weighted by Gasteiger charge is -2.43. The van der Waals surface area contributed by atoms with E-state index < -0.39 is 11.7 Å². The number of aryl methyl sites for hydroxylation is 1. The lowest BCUT2D eigenvalue weighted by Crippen LogP contribution is -2.44. The number of carbonyl (C=O) groups is 1. The van der Waals surface area contributed by atoms with Crippen LogP contribution in [0.2, 0.25) is 0 Å². The number of ether oxygens (including phenoxy) is 1. The highest BCUT2D eigenvalue weighted by Gasteiger charge is 2.43. The van der Waals surface area contributed by atoms with E-state index in [2.05, 4.69) is 18.3 Å². The van der Waals surface area contributed by atoms with Gasteiger partial charge in [0.15, 0.2) is 5.17 Å². The molecule has 130 valence electrons. The van der Waals surface area contributed by atoms with Gasteiger partial charge < -0.3 is 10.5 Å². The van der Waals surface area contributed by atoms with Gasteiger partial charge in [-0.25, -0.2) is 4.79 Å². The molecule has 0 fully saturated rings. The summed E-state index contributed by atoms with van der Waals surface area (Å²) in [6.45, 7) is 7.69. The van der Waals surface area contributed by atoms with E-state index >= 15 is 0 Å². The SMILES string of the molecule is CC(C)(C)OC(=O)NC1=NC2(C)c3cc(N)ccc3CCC2CS1. The number of amidine groups is 1. The third-order valence-corrected chi connectivity index (χ3v) is 5.64. The van der Waals surface area contributed by atoms with Crippen LogP contribution >= 0.6 is 11.8 Å². The fourth-order valence-electron chi connectivity index (χ4n) is 3.39. The van der Waals surface area contributed by atoms with Crippen molar-refractivity contribution in [2.75, 3.05) is 11.5 Å². The Hall–Kier alpha value is -1.69. The van der Waals surface area contributed by atoms with Gasteiger partial charge in [0.2, 0.25) is 0 Å². The van der Waals surface area contributed by atoms with Crippen molar-refractivity contribution in [3.05, 3.63) is 29.3 Å². The number of nitrogens with zero attached hydrogens (tertiary/aromatic N) is 1. The lowest BCUT2D eigenvalue weighted by molar-refractivity contribution is 0.0564. The maximum atomic E-state index is 12.0. The predicted octanol–water partition coefficient (Wildman–Crippen LogP) is 3.67. The fraction of sp³-hybridized carbons (Fsp3) is 0.556. The van der Waals surface area contributed by atoms with Crippen molar-refractivity contribution in [2.45, 2.75) is 51.7 Å². The normalized spacial score (nSPS) is 26.0. The lowest BCUT2D eigenvalue weighted by atomic mass is 9.71. The first-order valence-corrected chi connectivity index (χ1v) is 9.27. The molecule has 2 unspecified atom stereocenters. The predicted molar refractivity (Wildman–Crippen MR) is 99.3 cm³/mol. The Balaban J connectivity index is 1.89. The quantitative estimate of drug-likeness (QED) is 0.702. The molecule has 24 heavy (non-hydrogen) atoms. The van der Waals surface area contributed by atoms with Crippen molar-refractivity contribution >= 4 is 28.7 Å². The maximum absolute atomic E-state index is 12.0. The molecule has 0 radical (unpaired) electrons. The number of nitrogen functional groups attached to an aromatic ring is 1. The van der Waals surface area contributed by atoms with Crippen LogP contribution in [0.4, 0.5) is 10.5 Å². The van der Waals surface area contributed by atoms with Gasteiger partial charge in [-0.1, -0.05) is 17.8 Å². The molecule has 2 atom stereocenters. The number of rotatable bonds is 0. The zero-order valence-corrected chi connectivity index (χ0v) is 15.5. The zero-order chi connectivity index (χ0) is 17.5. The van der Waals surface area contributed by atoms with Gasteiger partial charge in [0, 0.05) is 11.4 Å². The molecule has 0 saturated heterocycles. The number of hydrogen-bond acceptors (Lipinski definition) is 5. The van der Waals surface area contributed by atoms with Crippen molar-refractivity contribution in [2.24, 2.45) is 10.9 Å². The Kier molecular flexibility index (Phi) is 4.28. The van der Waals surface area contributed by atoms with Crippen molar-refractivity contribution in [1.82, 2.24) is 5.32 Å². The molecule has 3 rings (SSSR count).